The fourth-order valence-corrected chi connectivity index (χ4v) is 2.53. The molecule has 1 N–H and O–H groups in total. The lowest BCUT2D eigenvalue weighted by Crippen LogP contribution is -2.32. The van der Waals surface area contributed by atoms with Crippen LogP contribution in [0.25, 0.3) is 0 Å². The van der Waals surface area contributed by atoms with E-state index < -0.39 is 0 Å². The zero-order valence-corrected chi connectivity index (χ0v) is 9.41. The lowest BCUT2D eigenvalue weighted by Gasteiger charge is -2.25. The van der Waals surface area contributed by atoms with Gasteiger partial charge in [0.1, 0.15) is 5.78 Å². The molecule has 1 aromatic carbocycles. The fourth-order valence-electron chi connectivity index (χ4n) is 2.53. The minimum atomic E-state index is 0.102. The quantitative estimate of drug-likeness (QED) is 0.837. The highest BCUT2D eigenvalue weighted by Gasteiger charge is 2.31. The zero-order valence-electron chi connectivity index (χ0n) is 9.41. The number of nitrogens with one attached hydrogen (secondary N) is 1. The number of hydrogen-bond acceptors (Lipinski definition) is 2. The third kappa shape index (κ3) is 1.90. The summed E-state index contributed by atoms with van der Waals surface area (Å²) in [4.78, 5) is 12.2. The maximum Gasteiger partial charge on any atom is 0.141 e. The summed E-state index contributed by atoms with van der Waals surface area (Å²) in [5, 5.41) is 3.34. The van der Waals surface area contributed by atoms with Gasteiger partial charge in [-0.15, -0.1) is 0 Å². The van der Waals surface area contributed by atoms with E-state index in [1.807, 2.05) is 12.1 Å². The molecule has 16 heavy (non-hydrogen) atoms. The Kier molecular flexibility index (Phi) is 2.52. The number of hydrogen-bond donors (Lipinski definition) is 1. The van der Waals surface area contributed by atoms with Crippen LogP contribution < -0.4 is 5.32 Å². The van der Waals surface area contributed by atoms with E-state index in [1.165, 1.54) is 24.0 Å². The second kappa shape index (κ2) is 4.02. The van der Waals surface area contributed by atoms with Gasteiger partial charge in [0.2, 0.25) is 0 Å². The van der Waals surface area contributed by atoms with Crippen molar-refractivity contribution in [3.63, 3.8) is 0 Å². The van der Waals surface area contributed by atoms with Crippen LogP contribution >= 0.6 is 0 Å². The first-order valence-electron chi connectivity index (χ1n) is 6.16. The van der Waals surface area contributed by atoms with Crippen molar-refractivity contribution >= 4 is 5.78 Å². The van der Waals surface area contributed by atoms with Crippen molar-refractivity contribution in [2.24, 2.45) is 5.92 Å². The standard InChI is InChI=1S/C14H17NO/c16-14(7-10-5-6-10)13-9-15-8-11-3-1-2-4-12(11)13/h1-4,10,13,15H,5-9H2. The van der Waals surface area contributed by atoms with E-state index in [9.17, 15) is 4.79 Å². The van der Waals surface area contributed by atoms with Crippen LogP contribution in [0.3, 0.4) is 0 Å². The molecule has 0 aromatic heterocycles. The van der Waals surface area contributed by atoms with Gasteiger partial charge in [0, 0.05) is 19.5 Å². The monoisotopic (exact) mass is 215 g/mol. The van der Waals surface area contributed by atoms with Crippen molar-refractivity contribution in [2.45, 2.75) is 31.7 Å². The van der Waals surface area contributed by atoms with Gasteiger partial charge in [-0.1, -0.05) is 24.3 Å². The van der Waals surface area contributed by atoms with Crippen LogP contribution in [0.15, 0.2) is 24.3 Å². The van der Waals surface area contributed by atoms with E-state index in [-0.39, 0.29) is 5.92 Å². The molecule has 0 radical (unpaired) electrons. The summed E-state index contributed by atoms with van der Waals surface area (Å²) in [7, 11) is 0. The summed E-state index contributed by atoms with van der Waals surface area (Å²) in [6.07, 6.45) is 3.31. The van der Waals surface area contributed by atoms with Gasteiger partial charge in [-0.2, -0.15) is 0 Å². The van der Waals surface area contributed by atoms with Gasteiger partial charge in [0.25, 0.3) is 0 Å². The van der Waals surface area contributed by atoms with Gasteiger partial charge in [-0.05, 0) is 29.9 Å². The van der Waals surface area contributed by atoms with Crippen molar-refractivity contribution in [1.82, 2.24) is 5.32 Å². The fraction of sp³-hybridized carbons (Fsp3) is 0.500. The Balaban J connectivity index is 1.82. The van der Waals surface area contributed by atoms with E-state index in [0.29, 0.717) is 11.7 Å². The molecule has 1 fully saturated rings. The van der Waals surface area contributed by atoms with Crippen molar-refractivity contribution in [3.8, 4) is 0 Å². The smallest absolute Gasteiger partial charge is 0.141 e. The van der Waals surface area contributed by atoms with Crippen LogP contribution in [0.5, 0.6) is 0 Å². The van der Waals surface area contributed by atoms with Crippen LogP contribution in [-0.4, -0.2) is 12.3 Å². The maximum atomic E-state index is 12.2. The molecule has 0 amide bonds. The average molecular weight is 215 g/mol. The molecule has 0 bridgehead atoms. The van der Waals surface area contributed by atoms with E-state index in [2.05, 4.69) is 17.4 Å². The third-order valence-electron chi connectivity index (χ3n) is 3.67. The summed E-state index contributed by atoms with van der Waals surface area (Å²) in [5.41, 5.74) is 2.55. The summed E-state index contributed by atoms with van der Waals surface area (Å²) in [6, 6.07) is 8.33. The van der Waals surface area contributed by atoms with E-state index in [4.69, 9.17) is 0 Å². The van der Waals surface area contributed by atoms with Crippen LogP contribution in [0.4, 0.5) is 0 Å². The largest absolute Gasteiger partial charge is 0.312 e. The number of fused-ring (bicyclic) bond motifs is 1. The molecular weight excluding hydrogens is 198 g/mol. The highest BCUT2D eigenvalue weighted by Crippen LogP contribution is 2.35. The molecule has 2 heteroatoms. The molecule has 0 saturated heterocycles. The molecule has 1 heterocycles. The Bertz CT molecular complexity index is 409. The summed E-state index contributed by atoms with van der Waals surface area (Å²) >= 11 is 0. The van der Waals surface area contributed by atoms with Crippen LogP contribution in [0.1, 0.15) is 36.3 Å². The summed E-state index contributed by atoms with van der Waals surface area (Å²) in [5.74, 6) is 1.23. The molecular formula is C14H17NO. The minimum absolute atomic E-state index is 0.102. The molecule has 3 rings (SSSR count). The number of benzene rings is 1. The predicted octanol–water partition coefficient (Wildman–Crippen LogP) is 2.24. The average Bonchev–Trinajstić information content (AvgIpc) is 3.12. The Morgan fingerprint density at radius 3 is 2.94 bits per heavy atom. The van der Waals surface area contributed by atoms with E-state index in [0.717, 1.165) is 19.5 Å². The Morgan fingerprint density at radius 1 is 1.31 bits per heavy atom. The number of Topliss-reactive ketones (excluding diaryl/α,β-unsaturated/α-hetero) is 1. The van der Waals surface area contributed by atoms with E-state index >= 15 is 0 Å². The molecule has 0 spiro atoms. The van der Waals surface area contributed by atoms with Gasteiger partial charge in [0.05, 0.1) is 5.92 Å². The Hall–Kier alpha value is -1.15. The lowest BCUT2D eigenvalue weighted by molar-refractivity contribution is -0.120. The summed E-state index contributed by atoms with van der Waals surface area (Å²) < 4.78 is 0. The first-order chi connectivity index (χ1) is 7.84. The van der Waals surface area contributed by atoms with Gasteiger partial charge in [0.15, 0.2) is 0 Å². The Morgan fingerprint density at radius 2 is 2.12 bits per heavy atom. The number of rotatable bonds is 3. The number of carbonyl (C=O) groups excluding carboxylic acids is 1. The Labute approximate surface area is 96.1 Å². The first kappa shape index (κ1) is 10.0. The van der Waals surface area contributed by atoms with Gasteiger partial charge >= 0.3 is 0 Å². The van der Waals surface area contributed by atoms with Gasteiger partial charge in [-0.25, -0.2) is 0 Å². The third-order valence-corrected chi connectivity index (χ3v) is 3.67. The number of ketones is 1. The second-order valence-electron chi connectivity index (χ2n) is 5.00. The molecule has 1 unspecified atom stereocenters. The van der Waals surface area contributed by atoms with E-state index in [1.54, 1.807) is 0 Å². The lowest BCUT2D eigenvalue weighted by atomic mass is 9.86. The number of carbonyl (C=O) groups is 1. The SMILES string of the molecule is O=C(CC1CC1)C1CNCc2ccccc21. The topological polar surface area (TPSA) is 29.1 Å². The van der Waals surface area contributed by atoms with Crippen LogP contribution in [-0.2, 0) is 11.3 Å². The van der Waals surface area contributed by atoms with Gasteiger partial charge in [-0.3, -0.25) is 4.79 Å². The van der Waals surface area contributed by atoms with Crippen molar-refractivity contribution in [2.75, 3.05) is 6.54 Å². The minimum Gasteiger partial charge on any atom is -0.312 e. The van der Waals surface area contributed by atoms with Crippen molar-refractivity contribution < 1.29 is 4.79 Å². The second-order valence-corrected chi connectivity index (χ2v) is 5.00. The molecule has 2 nitrogen and oxygen atoms in total. The molecule has 1 aliphatic carbocycles. The maximum absolute atomic E-state index is 12.2. The normalized spacial score (nSPS) is 23.9. The molecule has 84 valence electrons. The van der Waals surface area contributed by atoms with Gasteiger partial charge < -0.3 is 5.32 Å². The van der Waals surface area contributed by atoms with Crippen molar-refractivity contribution in [3.05, 3.63) is 35.4 Å². The molecule has 1 aliphatic heterocycles. The van der Waals surface area contributed by atoms with Crippen molar-refractivity contribution in [1.29, 1.82) is 0 Å². The van der Waals surface area contributed by atoms with Crippen LogP contribution in [0.2, 0.25) is 0 Å². The zero-order chi connectivity index (χ0) is 11.0. The first-order valence-corrected chi connectivity index (χ1v) is 6.16. The molecule has 1 atom stereocenters. The highest BCUT2D eigenvalue weighted by atomic mass is 16.1. The molecule has 1 saturated carbocycles. The molecule has 1 aromatic rings. The van der Waals surface area contributed by atoms with Crippen LogP contribution in [0, 0.1) is 5.92 Å². The predicted molar refractivity (Wildman–Crippen MR) is 63.2 cm³/mol. The summed E-state index contributed by atoms with van der Waals surface area (Å²) in [6.45, 7) is 1.73. The highest BCUT2D eigenvalue weighted by molar-refractivity contribution is 5.87. The molecule has 2 aliphatic rings.